The normalized spacial score (nSPS) is 15.4. The molecule has 1 aliphatic rings. The van der Waals surface area contributed by atoms with Crippen LogP contribution < -0.4 is 4.74 Å². The Labute approximate surface area is 156 Å². The maximum atomic E-state index is 12.1. The van der Waals surface area contributed by atoms with E-state index < -0.39 is 0 Å². The summed E-state index contributed by atoms with van der Waals surface area (Å²) in [6.07, 6.45) is 3.59. The molecule has 0 amide bonds. The van der Waals surface area contributed by atoms with Crippen LogP contribution >= 0.6 is 15.9 Å². The summed E-state index contributed by atoms with van der Waals surface area (Å²) in [5.41, 5.74) is 2.34. The van der Waals surface area contributed by atoms with Gasteiger partial charge in [0.1, 0.15) is 11.5 Å². The van der Waals surface area contributed by atoms with Crippen molar-refractivity contribution >= 4 is 33.7 Å². The number of benzene rings is 2. The highest BCUT2D eigenvalue weighted by Gasteiger charge is 2.21. The summed E-state index contributed by atoms with van der Waals surface area (Å²) in [5, 5.41) is 0. The number of hydrogen-bond donors (Lipinski definition) is 0. The maximum Gasteiger partial charge on any atom is 0.343 e. The number of esters is 1. The number of halogens is 1. The van der Waals surface area contributed by atoms with Gasteiger partial charge in [-0.05, 0) is 47.9 Å². The van der Waals surface area contributed by atoms with E-state index in [1.54, 1.807) is 6.08 Å². The van der Waals surface area contributed by atoms with Gasteiger partial charge in [-0.2, -0.15) is 0 Å². The molecule has 25 heavy (non-hydrogen) atoms. The Kier molecular flexibility index (Phi) is 5.39. The van der Waals surface area contributed by atoms with E-state index in [0.29, 0.717) is 23.9 Å². The van der Waals surface area contributed by atoms with E-state index in [1.807, 2.05) is 54.6 Å². The van der Waals surface area contributed by atoms with Gasteiger partial charge in [-0.3, -0.25) is 0 Å². The number of hydrogen-bond acceptors (Lipinski definition) is 3. The van der Waals surface area contributed by atoms with Crippen LogP contribution in [0.1, 0.15) is 25.0 Å². The number of carbonyl (C=O) groups excluding carboxylic acids is 1. The van der Waals surface area contributed by atoms with Crippen LogP contribution in [-0.2, 0) is 9.53 Å². The largest absolute Gasteiger partial charge is 0.493 e. The Hall–Kier alpha value is -2.33. The molecular formula is C21H19BrO3. The number of cyclic esters (lactones) is 1. The van der Waals surface area contributed by atoms with Crippen molar-refractivity contribution in [2.24, 2.45) is 5.92 Å². The van der Waals surface area contributed by atoms with Gasteiger partial charge in [0.2, 0.25) is 0 Å². The predicted molar refractivity (Wildman–Crippen MR) is 103 cm³/mol. The van der Waals surface area contributed by atoms with Crippen molar-refractivity contribution in [1.29, 1.82) is 0 Å². The van der Waals surface area contributed by atoms with Gasteiger partial charge in [0.15, 0.2) is 0 Å². The SMILES string of the molecule is CC(C)COc1ccc(/C=C2\C=C(c3ccc(Br)cc3)OC2=O)cc1. The third kappa shape index (κ3) is 4.60. The Morgan fingerprint density at radius 2 is 1.76 bits per heavy atom. The third-order valence-corrected chi connectivity index (χ3v) is 4.17. The molecular weight excluding hydrogens is 380 g/mol. The summed E-state index contributed by atoms with van der Waals surface area (Å²) in [4.78, 5) is 12.1. The first kappa shape index (κ1) is 17.5. The summed E-state index contributed by atoms with van der Waals surface area (Å²) in [5.74, 6) is 1.55. The average molecular weight is 399 g/mol. The van der Waals surface area contributed by atoms with E-state index in [2.05, 4.69) is 29.8 Å². The highest BCUT2D eigenvalue weighted by Crippen LogP contribution is 2.28. The molecule has 0 unspecified atom stereocenters. The fraction of sp³-hybridized carbons (Fsp3) is 0.190. The second-order valence-corrected chi connectivity index (χ2v) is 7.19. The molecule has 1 aliphatic heterocycles. The van der Waals surface area contributed by atoms with Gasteiger partial charge in [0.05, 0.1) is 12.2 Å². The third-order valence-electron chi connectivity index (χ3n) is 3.64. The minimum Gasteiger partial charge on any atom is -0.493 e. The highest BCUT2D eigenvalue weighted by atomic mass is 79.9. The highest BCUT2D eigenvalue weighted by molar-refractivity contribution is 9.10. The zero-order valence-electron chi connectivity index (χ0n) is 14.2. The van der Waals surface area contributed by atoms with Crippen LogP contribution in [0, 0.1) is 5.92 Å². The number of carbonyl (C=O) groups is 1. The van der Waals surface area contributed by atoms with E-state index in [-0.39, 0.29) is 5.97 Å². The van der Waals surface area contributed by atoms with Crippen molar-refractivity contribution < 1.29 is 14.3 Å². The van der Waals surface area contributed by atoms with Crippen LogP contribution in [0.3, 0.4) is 0 Å². The molecule has 4 heteroatoms. The van der Waals surface area contributed by atoms with E-state index in [1.165, 1.54) is 0 Å². The first-order chi connectivity index (χ1) is 12.0. The fourth-order valence-electron chi connectivity index (χ4n) is 2.35. The van der Waals surface area contributed by atoms with Crippen molar-refractivity contribution in [2.45, 2.75) is 13.8 Å². The molecule has 0 radical (unpaired) electrons. The molecule has 0 aliphatic carbocycles. The molecule has 3 nitrogen and oxygen atoms in total. The van der Waals surface area contributed by atoms with Crippen molar-refractivity contribution in [3.05, 3.63) is 75.8 Å². The lowest BCUT2D eigenvalue weighted by molar-refractivity contribution is -0.130. The topological polar surface area (TPSA) is 35.5 Å². The minimum atomic E-state index is -0.335. The molecule has 0 atom stereocenters. The monoisotopic (exact) mass is 398 g/mol. The van der Waals surface area contributed by atoms with Gasteiger partial charge in [-0.15, -0.1) is 0 Å². The first-order valence-electron chi connectivity index (χ1n) is 8.15. The van der Waals surface area contributed by atoms with E-state index in [4.69, 9.17) is 9.47 Å². The molecule has 0 bridgehead atoms. The van der Waals surface area contributed by atoms with Crippen LogP contribution in [0.2, 0.25) is 0 Å². The molecule has 0 N–H and O–H groups in total. The maximum absolute atomic E-state index is 12.1. The van der Waals surface area contributed by atoms with Crippen LogP contribution in [0.4, 0.5) is 0 Å². The van der Waals surface area contributed by atoms with Crippen LogP contribution in [0.25, 0.3) is 11.8 Å². The van der Waals surface area contributed by atoms with Crippen LogP contribution in [0.5, 0.6) is 5.75 Å². The summed E-state index contributed by atoms with van der Waals surface area (Å²) in [6.45, 7) is 4.91. The average Bonchev–Trinajstić information content (AvgIpc) is 2.95. The zero-order chi connectivity index (χ0) is 17.8. The molecule has 2 aromatic carbocycles. The van der Waals surface area contributed by atoms with Gasteiger partial charge in [-0.1, -0.05) is 54.0 Å². The smallest absolute Gasteiger partial charge is 0.343 e. The second-order valence-electron chi connectivity index (χ2n) is 6.28. The molecule has 0 saturated carbocycles. The lowest BCUT2D eigenvalue weighted by Crippen LogP contribution is -2.04. The summed E-state index contributed by atoms with van der Waals surface area (Å²) >= 11 is 3.40. The standard InChI is InChI=1S/C21H19BrO3/c1-14(2)13-24-19-9-3-15(4-10-19)11-17-12-20(25-21(17)23)16-5-7-18(22)8-6-16/h3-12,14H,13H2,1-2H3/b17-11+. The van der Waals surface area contributed by atoms with E-state index >= 15 is 0 Å². The molecule has 1 heterocycles. The summed E-state index contributed by atoms with van der Waals surface area (Å²) in [6, 6.07) is 15.3. The first-order valence-corrected chi connectivity index (χ1v) is 8.95. The lowest BCUT2D eigenvalue weighted by atomic mass is 10.1. The van der Waals surface area contributed by atoms with Gasteiger partial charge in [-0.25, -0.2) is 4.79 Å². The van der Waals surface area contributed by atoms with Gasteiger partial charge in [0, 0.05) is 10.0 Å². The van der Waals surface area contributed by atoms with Crippen molar-refractivity contribution in [1.82, 2.24) is 0 Å². The Morgan fingerprint density at radius 1 is 1.08 bits per heavy atom. The predicted octanol–water partition coefficient (Wildman–Crippen LogP) is 5.47. The molecule has 2 aromatic rings. The quantitative estimate of drug-likeness (QED) is 0.495. The molecule has 0 saturated heterocycles. The second kappa shape index (κ2) is 7.70. The Bertz CT molecular complexity index is 815. The summed E-state index contributed by atoms with van der Waals surface area (Å²) in [7, 11) is 0. The van der Waals surface area contributed by atoms with Crippen molar-refractivity contribution in [3.8, 4) is 5.75 Å². The van der Waals surface area contributed by atoms with Gasteiger partial charge < -0.3 is 9.47 Å². The van der Waals surface area contributed by atoms with Gasteiger partial charge in [0.25, 0.3) is 0 Å². The molecule has 128 valence electrons. The molecule has 0 spiro atoms. The molecule has 3 rings (SSSR count). The van der Waals surface area contributed by atoms with Gasteiger partial charge >= 0.3 is 5.97 Å². The Morgan fingerprint density at radius 3 is 2.40 bits per heavy atom. The zero-order valence-corrected chi connectivity index (χ0v) is 15.7. The molecule has 0 aromatic heterocycles. The van der Waals surface area contributed by atoms with Crippen LogP contribution in [-0.4, -0.2) is 12.6 Å². The fourth-order valence-corrected chi connectivity index (χ4v) is 2.61. The van der Waals surface area contributed by atoms with Crippen LogP contribution in [0.15, 0.2) is 64.7 Å². The van der Waals surface area contributed by atoms with Crippen molar-refractivity contribution in [3.63, 3.8) is 0 Å². The molecule has 0 fully saturated rings. The lowest BCUT2D eigenvalue weighted by Gasteiger charge is -2.08. The number of ether oxygens (including phenoxy) is 2. The summed E-state index contributed by atoms with van der Waals surface area (Å²) < 4.78 is 12.0. The van der Waals surface area contributed by atoms with E-state index in [0.717, 1.165) is 21.3 Å². The van der Waals surface area contributed by atoms with Crippen molar-refractivity contribution in [2.75, 3.05) is 6.61 Å². The number of rotatable bonds is 5. The minimum absolute atomic E-state index is 0.335. The van der Waals surface area contributed by atoms with E-state index in [9.17, 15) is 4.79 Å². The Balaban J connectivity index is 1.76.